The van der Waals surface area contributed by atoms with Crippen molar-refractivity contribution in [3.63, 3.8) is 0 Å². The normalized spacial score (nSPS) is 10.0. The molecule has 100 valence electrons. The summed E-state index contributed by atoms with van der Waals surface area (Å²) in [7, 11) is 0. The quantitative estimate of drug-likeness (QED) is 0.935. The van der Waals surface area contributed by atoms with Gasteiger partial charge < -0.3 is 5.11 Å². The first-order chi connectivity index (χ1) is 9.58. The maximum Gasteiger partial charge on any atom is 0.307 e. The summed E-state index contributed by atoms with van der Waals surface area (Å²) in [6.07, 6.45) is -0.196. The molecule has 0 aliphatic carbocycles. The molecule has 5 heteroatoms. The maximum atomic E-state index is 13.9. The van der Waals surface area contributed by atoms with E-state index in [9.17, 15) is 9.18 Å². The van der Waals surface area contributed by atoms with E-state index in [1.54, 1.807) is 36.4 Å². The van der Waals surface area contributed by atoms with E-state index < -0.39 is 11.8 Å². The first kappa shape index (κ1) is 14.1. The first-order valence-electron chi connectivity index (χ1n) is 5.77. The SMILES string of the molecule is N#Cc1ccc(Sc2ccc(CC(=O)O)cc2F)cc1. The molecule has 0 bridgehead atoms. The molecule has 0 heterocycles. The Morgan fingerprint density at radius 2 is 1.95 bits per heavy atom. The predicted octanol–water partition coefficient (Wildman–Crippen LogP) is 3.48. The van der Waals surface area contributed by atoms with E-state index in [1.807, 2.05) is 6.07 Å². The van der Waals surface area contributed by atoms with Crippen LogP contribution in [0.25, 0.3) is 0 Å². The second-order valence-corrected chi connectivity index (χ2v) is 5.19. The molecule has 0 fully saturated rings. The summed E-state index contributed by atoms with van der Waals surface area (Å²) in [5, 5.41) is 17.4. The molecular weight excluding hydrogens is 277 g/mol. The molecule has 0 saturated carbocycles. The lowest BCUT2D eigenvalue weighted by Gasteiger charge is -2.05. The second-order valence-electron chi connectivity index (χ2n) is 4.07. The van der Waals surface area contributed by atoms with E-state index >= 15 is 0 Å². The number of carbonyl (C=O) groups is 1. The van der Waals surface area contributed by atoms with E-state index in [0.29, 0.717) is 16.0 Å². The molecule has 0 aliphatic heterocycles. The van der Waals surface area contributed by atoms with Crippen molar-refractivity contribution in [1.29, 1.82) is 5.26 Å². The van der Waals surface area contributed by atoms with Crippen LogP contribution in [0.3, 0.4) is 0 Å². The van der Waals surface area contributed by atoms with Crippen molar-refractivity contribution in [2.24, 2.45) is 0 Å². The minimum Gasteiger partial charge on any atom is -0.481 e. The van der Waals surface area contributed by atoms with Gasteiger partial charge in [-0.3, -0.25) is 4.79 Å². The van der Waals surface area contributed by atoms with Crippen LogP contribution in [0.5, 0.6) is 0 Å². The van der Waals surface area contributed by atoms with Crippen LogP contribution in [0.2, 0.25) is 0 Å². The van der Waals surface area contributed by atoms with E-state index in [0.717, 1.165) is 4.90 Å². The molecule has 2 rings (SSSR count). The fraction of sp³-hybridized carbons (Fsp3) is 0.0667. The van der Waals surface area contributed by atoms with E-state index in [1.165, 1.54) is 17.8 Å². The van der Waals surface area contributed by atoms with Gasteiger partial charge in [0.15, 0.2) is 0 Å². The van der Waals surface area contributed by atoms with Gasteiger partial charge >= 0.3 is 5.97 Å². The van der Waals surface area contributed by atoms with Crippen LogP contribution in [0, 0.1) is 17.1 Å². The van der Waals surface area contributed by atoms with Crippen LogP contribution in [0.4, 0.5) is 4.39 Å². The molecule has 0 aromatic heterocycles. The lowest BCUT2D eigenvalue weighted by Crippen LogP contribution is -2.00. The van der Waals surface area contributed by atoms with Crippen molar-refractivity contribution >= 4 is 17.7 Å². The largest absolute Gasteiger partial charge is 0.481 e. The Hall–Kier alpha value is -2.32. The van der Waals surface area contributed by atoms with Gasteiger partial charge in [0, 0.05) is 9.79 Å². The smallest absolute Gasteiger partial charge is 0.307 e. The zero-order valence-electron chi connectivity index (χ0n) is 10.3. The summed E-state index contributed by atoms with van der Waals surface area (Å²) in [6, 6.07) is 13.2. The van der Waals surface area contributed by atoms with Crippen LogP contribution >= 0.6 is 11.8 Å². The highest BCUT2D eigenvalue weighted by Gasteiger charge is 2.08. The molecule has 0 atom stereocenters. The van der Waals surface area contributed by atoms with E-state index in [4.69, 9.17) is 10.4 Å². The highest BCUT2D eigenvalue weighted by molar-refractivity contribution is 7.99. The van der Waals surface area contributed by atoms with Crippen LogP contribution in [-0.4, -0.2) is 11.1 Å². The molecule has 0 spiro atoms. The highest BCUT2D eigenvalue weighted by atomic mass is 32.2. The summed E-state index contributed by atoms with van der Waals surface area (Å²) in [5.41, 5.74) is 0.978. The van der Waals surface area contributed by atoms with Gasteiger partial charge in [-0.05, 0) is 42.0 Å². The van der Waals surface area contributed by atoms with E-state index in [-0.39, 0.29) is 6.42 Å². The fourth-order valence-electron chi connectivity index (χ4n) is 1.64. The average Bonchev–Trinajstić information content (AvgIpc) is 2.42. The van der Waals surface area contributed by atoms with Gasteiger partial charge in [0.05, 0.1) is 18.1 Å². The van der Waals surface area contributed by atoms with Crippen LogP contribution in [0.15, 0.2) is 52.3 Å². The topological polar surface area (TPSA) is 61.1 Å². The Morgan fingerprint density at radius 1 is 1.25 bits per heavy atom. The molecule has 1 N–H and O–H groups in total. The summed E-state index contributed by atoms with van der Waals surface area (Å²) in [5.74, 6) is -1.44. The lowest BCUT2D eigenvalue weighted by atomic mass is 10.1. The number of hydrogen-bond donors (Lipinski definition) is 1. The number of carboxylic acid groups (broad SMARTS) is 1. The average molecular weight is 287 g/mol. The van der Waals surface area contributed by atoms with Crippen molar-refractivity contribution in [2.75, 3.05) is 0 Å². The molecule has 2 aromatic rings. The number of benzene rings is 2. The zero-order valence-corrected chi connectivity index (χ0v) is 11.2. The second kappa shape index (κ2) is 6.22. The Kier molecular flexibility index (Phi) is 4.38. The number of carboxylic acids is 1. The molecule has 0 amide bonds. The molecule has 0 aliphatic rings. The van der Waals surface area contributed by atoms with E-state index in [2.05, 4.69) is 0 Å². The molecule has 3 nitrogen and oxygen atoms in total. The van der Waals surface area contributed by atoms with Crippen LogP contribution in [0.1, 0.15) is 11.1 Å². The van der Waals surface area contributed by atoms with Crippen LogP contribution < -0.4 is 0 Å². The maximum absolute atomic E-state index is 13.9. The third kappa shape index (κ3) is 3.59. The minimum atomic E-state index is -0.989. The number of halogens is 1. The zero-order chi connectivity index (χ0) is 14.5. The van der Waals surface area contributed by atoms with Gasteiger partial charge in [-0.15, -0.1) is 0 Å². The summed E-state index contributed by atoms with van der Waals surface area (Å²) in [6.45, 7) is 0. The summed E-state index contributed by atoms with van der Waals surface area (Å²) >= 11 is 1.23. The van der Waals surface area contributed by atoms with Gasteiger partial charge in [0.25, 0.3) is 0 Å². The number of rotatable bonds is 4. The number of nitriles is 1. The van der Waals surface area contributed by atoms with Gasteiger partial charge in [-0.1, -0.05) is 17.8 Å². The van der Waals surface area contributed by atoms with Gasteiger partial charge in [-0.25, -0.2) is 4.39 Å². The van der Waals surface area contributed by atoms with Crippen molar-refractivity contribution in [3.8, 4) is 6.07 Å². The number of nitrogens with zero attached hydrogens (tertiary/aromatic N) is 1. The molecule has 0 saturated heterocycles. The van der Waals surface area contributed by atoms with Crippen LogP contribution in [-0.2, 0) is 11.2 Å². The summed E-state index contributed by atoms with van der Waals surface area (Å²) in [4.78, 5) is 11.8. The molecule has 20 heavy (non-hydrogen) atoms. The first-order valence-corrected chi connectivity index (χ1v) is 6.58. The van der Waals surface area contributed by atoms with Gasteiger partial charge in [0.2, 0.25) is 0 Å². The lowest BCUT2D eigenvalue weighted by molar-refractivity contribution is -0.136. The Labute approximate surface area is 119 Å². The molecule has 0 radical (unpaired) electrons. The number of hydrogen-bond acceptors (Lipinski definition) is 3. The summed E-state index contributed by atoms with van der Waals surface area (Å²) < 4.78 is 13.9. The minimum absolute atomic E-state index is 0.196. The van der Waals surface area contributed by atoms with Crippen molar-refractivity contribution in [2.45, 2.75) is 16.2 Å². The highest BCUT2D eigenvalue weighted by Crippen LogP contribution is 2.30. The van der Waals surface area contributed by atoms with Crippen molar-refractivity contribution in [1.82, 2.24) is 0 Å². The van der Waals surface area contributed by atoms with Gasteiger partial charge in [-0.2, -0.15) is 5.26 Å². The monoisotopic (exact) mass is 287 g/mol. The van der Waals surface area contributed by atoms with Crippen molar-refractivity contribution in [3.05, 3.63) is 59.4 Å². The number of aliphatic carboxylic acids is 1. The Morgan fingerprint density at radius 3 is 2.50 bits per heavy atom. The Bertz CT molecular complexity index is 677. The fourth-order valence-corrected chi connectivity index (χ4v) is 2.45. The van der Waals surface area contributed by atoms with Gasteiger partial charge in [0.1, 0.15) is 5.82 Å². The molecule has 0 unspecified atom stereocenters. The molecular formula is C15H10FNO2S. The standard InChI is InChI=1S/C15H10FNO2S/c16-13-7-11(8-15(18)19)3-6-14(13)20-12-4-1-10(9-17)2-5-12/h1-7H,8H2,(H,18,19). The Balaban J connectivity index is 2.16. The molecule has 2 aromatic carbocycles. The third-order valence-electron chi connectivity index (χ3n) is 2.56. The predicted molar refractivity (Wildman–Crippen MR) is 73.0 cm³/mol. The third-order valence-corrected chi connectivity index (χ3v) is 3.62. The van der Waals surface area contributed by atoms with Crippen molar-refractivity contribution < 1.29 is 14.3 Å².